The third kappa shape index (κ3) is 5.36. The molecule has 0 bridgehead atoms. The van der Waals surface area contributed by atoms with E-state index in [1.54, 1.807) is 13.2 Å². The van der Waals surface area contributed by atoms with Crippen molar-refractivity contribution in [1.29, 1.82) is 0 Å². The molecule has 25 heavy (non-hydrogen) atoms. The van der Waals surface area contributed by atoms with Crippen LogP contribution in [0.4, 0.5) is 0 Å². The number of hydrogen-bond acceptors (Lipinski definition) is 4. The fourth-order valence-corrected chi connectivity index (χ4v) is 3.51. The summed E-state index contributed by atoms with van der Waals surface area (Å²) >= 11 is 0. The number of benzene rings is 1. The summed E-state index contributed by atoms with van der Waals surface area (Å²) in [6.07, 6.45) is 8.11. The molecule has 1 amide bonds. The van der Waals surface area contributed by atoms with Crippen LogP contribution in [0.2, 0.25) is 0 Å². The molecule has 1 aromatic carbocycles. The minimum absolute atomic E-state index is 0.0587. The van der Waals surface area contributed by atoms with Gasteiger partial charge in [-0.1, -0.05) is 32.6 Å². The summed E-state index contributed by atoms with van der Waals surface area (Å²) in [5.74, 6) is 1.30. The minimum atomic E-state index is 0.0587. The summed E-state index contributed by atoms with van der Waals surface area (Å²) in [5.41, 5.74) is 6.17. The Bertz CT molecular complexity index is 540. The maximum absolute atomic E-state index is 13.3. The van der Waals surface area contributed by atoms with E-state index in [1.165, 1.54) is 25.7 Å². The number of nitrogens with two attached hydrogens (primary N) is 1. The van der Waals surface area contributed by atoms with Crippen molar-refractivity contribution >= 4 is 5.91 Å². The van der Waals surface area contributed by atoms with Crippen LogP contribution in [0, 0.1) is 0 Å². The van der Waals surface area contributed by atoms with E-state index in [4.69, 9.17) is 15.2 Å². The van der Waals surface area contributed by atoms with Gasteiger partial charge in [-0.2, -0.15) is 0 Å². The maximum atomic E-state index is 13.3. The number of rotatable bonds is 8. The molecule has 1 aliphatic carbocycles. The molecule has 5 heteroatoms. The molecule has 1 fully saturated rings. The standard InChI is InChI=1S/C20H32N2O3/c1-3-13-22(16-8-6-4-5-7-9-16)20(23)18-11-10-17(24-2)15-19(18)25-14-12-21/h10-11,15-16H,3-9,12-14,21H2,1-2H3. The maximum Gasteiger partial charge on any atom is 0.257 e. The number of carbonyl (C=O) groups is 1. The first-order valence-electron chi connectivity index (χ1n) is 9.53. The Balaban J connectivity index is 2.27. The van der Waals surface area contributed by atoms with Gasteiger partial charge in [0.1, 0.15) is 18.1 Å². The lowest BCUT2D eigenvalue weighted by atomic mass is 10.0. The second kappa shape index (κ2) is 10.3. The SMILES string of the molecule is CCCN(C(=O)c1ccc(OC)cc1OCCN)C1CCCCCC1. The molecular weight excluding hydrogens is 316 g/mol. The van der Waals surface area contributed by atoms with E-state index < -0.39 is 0 Å². The van der Waals surface area contributed by atoms with E-state index in [9.17, 15) is 4.79 Å². The summed E-state index contributed by atoms with van der Waals surface area (Å²) < 4.78 is 11.0. The molecule has 0 aliphatic heterocycles. The minimum Gasteiger partial charge on any atom is -0.497 e. The molecule has 1 aliphatic rings. The highest BCUT2D eigenvalue weighted by Crippen LogP contribution is 2.29. The van der Waals surface area contributed by atoms with E-state index in [0.29, 0.717) is 36.3 Å². The van der Waals surface area contributed by atoms with Crippen molar-refractivity contribution in [1.82, 2.24) is 4.90 Å². The monoisotopic (exact) mass is 348 g/mol. The third-order valence-corrected chi connectivity index (χ3v) is 4.79. The molecule has 0 spiro atoms. The number of hydrogen-bond donors (Lipinski definition) is 1. The highest BCUT2D eigenvalue weighted by molar-refractivity contribution is 5.97. The summed E-state index contributed by atoms with van der Waals surface area (Å²) in [5, 5.41) is 0. The van der Waals surface area contributed by atoms with Gasteiger partial charge in [0, 0.05) is 25.2 Å². The van der Waals surface area contributed by atoms with Crippen LogP contribution in [-0.2, 0) is 0 Å². The first kappa shape index (κ1) is 19.6. The van der Waals surface area contributed by atoms with E-state index in [2.05, 4.69) is 11.8 Å². The van der Waals surface area contributed by atoms with Crippen LogP contribution >= 0.6 is 0 Å². The van der Waals surface area contributed by atoms with Crippen LogP contribution in [0.15, 0.2) is 18.2 Å². The van der Waals surface area contributed by atoms with Gasteiger partial charge in [0.25, 0.3) is 5.91 Å². The third-order valence-electron chi connectivity index (χ3n) is 4.79. The normalized spacial score (nSPS) is 15.5. The molecule has 0 radical (unpaired) electrons. The van der Waals surface area contributed by atoms with Gasteiger partial charge in [0.05, 0.1) is 12.7 Å². The average Bonchev–Trinajstić information content (AvgIpc) is 2.93. The van der Waals surface area contributed by atoms with Gasteiger partial charge in [-0.15, -0.1) is 0 Å². The zero-order chi connectivity index (χ0) is 18.1. The molecule has 0 saturated heterocycles. The topological polar surface area (TPSA) is 64.8 Å². The van der Waals surface area contributed by atoms with Crippen molar-refractivity contribution in [2.24, 2.45) is 5.73 Å². The van der Waals surface area contributed by atoms with E-state index in [0.717, 1.165) is 25.8 Å². The smallest absolute Gasteiger partial charge is 0.257 e. The largest absolute Gasteiger partial charge is 0.497 e. The summed E-state index contributed by atoms with van der Waals surface area (Å²) in [4.78, 5) is 15.4. The highest BCUT2D eigenvalue weighted by atomic mass is 16.5. The Morgan fingerprint density at radius 1 is 1.24 bits per heavy atom. The Morgan fingerprint density at radius 3 is 2.56 bits per heavy atom. The van der Waals surface area contributed by atoms with Gasteiger partial charge in [-0.05, 0) is 31.4 Å². The Morgan fingerprint density at radius 2 is 1.96 bits per heavy atom. The van der Waals surface area contributed by atoms with E-state index in [-0.39, 0.29) is 5.91 Å². The van der Waals surface area contributed by atoms with E-state index in [1.807, 2.05) is 12.1 Å². The van der Waals surface area contributed by atoms with Crippen LogP contribution in [0.25, 0.3) is 0 Å². The van der Waals surface area contributed by atoms with Crippen LogP contribution < -0.4 is 15.2 Å². The van der Waals surface area contributed by atoms with Gasteiger partial charge < -0.3 is 20.1 Å². The van der Waals surface area contributed by atoms with Crippen LogP contribution in [0.5, 0.6) is 11.5 Å². The van der Waals surface area contributed by atoms with Crippen LogP contribution in [0.3, 0.4) is 0 Å². The number of ether oxygens (including phenoxy) is 2. The highest BCUT2D eigenvalue weighted by Gasteiger charge is 2.27. The first-order valence-corrected chi connectivity index (χ1v) is 9.53. The zero-order valence-corrected chi connectivity index (χ0v) is 15.6. The number of nitrogens with zero attached hydrogens (tertiary/aromatic N) is 1. The van der Waals surface area contributed by atoms with Gasteiger partial charge >= 0.3 is 0 Å². The molecule has 2 N–H and O–H groups in total. The van der Waals surface area contributed by atoms with Crippen molar-refractivity contribution in [2.75, 3.05) is 26.8 Å². The molecule has 0 aromatic heterocycles. The fourth-order valence-electron chi connectivity index (χ4n) is 3.51. The number of methoxy groups -OCH3 is 1. The van der Waals surface area contributed by atoms with Gasteiger partial charge in [0.2, 0.25) is 0 Å². The number of amides is 1. The molecule has 0 atom stereocenters. The van der Waals surface area contributed by atoms with Crippen molar-refractivity contribution in [3.05, 3.63) is 23.8 Å². The summed E-state index contributed by atoms with van der Waals surface area (Å²) in [7, 11) is 1.61. The molecule has 0 heterocycles. The van der Waals surface area contributed by atoms with Gasteiger partial charge in [-0.25, -0.2) is 0 Å². The average molecular weight is 348 g/mol. The second-order valence-corrected chi connectivity index (χ2v) is 6.64. The summed E-state index contributed by atoms with van der Waals surface area (Å²) in [6, 6.07) is 5.74. The Labute approximate surface area is 151 Å². The Hall–Kier alpha value is -1.75. The first-order chi connectivity index (χ1) is 12.2. The van der Waals surface area contributed by atoms with Crippen molar-refractivity contribution in [2.45, 2.75) is 57.9 Å². The quantitative estimate of drug-likeness (QED) is 0.729. The molecular formula is C20H32N2O3. The lowest BCUT2D eigenvalue weighted by molar-refractivity contribution is 0.0656. The molecule has 140 valence electrons. The van der Waals surface area contributed by atoms with Crippen molar-refractivity contribution in [3.8, 4) is 11.5 Å². The second-order valence-electron chi connectivity index (χ2n) is 6.64. The van der Waals surface area contributed by atoms with Gasteiger partial charge in [0.15, 0.2) is 0 Å². The summed E-state index contributed by atoms with van der Waals surface area (Å²) in [6.45, 7) is 3.69. The molecule has 1 saturated carbocycles. The molecule has 1 aromatic rings. The number of carbonyl (C=O) groups excluding carboxylic acids is 1. The predicted molar refractivity (Wildman–Crippen MR) is 100 cm³/mol. The van der Waals surface area contributed by atoms with Gasteiger partial charge in [-0.3, -0.25) is 4.79 Å². The molecule has 2 rings (SSSR count). The van der Waals surface area contributed by atoms with Crippen molar-refractivity contribution in [3.63, 3.8) is 0 Å². The lowest BCUT2D eigenvalue weighted by Crippen LogP contribution is -2.41. The lowest BCUT2D eigenvalue weighted by Gasteiger charge is -2.31. The Kier molecular flexibility index (Phi) is 8.06. The van der Waals surface area contributed by atoms with E-state index >= 15 is 0 Å². The molecule has 0 unspecified atom stereocenters. The predicted octanol–water partition coefficient (Wildman–Crippen LogP) is 3.61. The molecule has 5 nitrogen and oxygen atoms in total. The zero-order valence-electron chi connectivity index (χ0n) is 15.6. The van der Waals surface area contributed by atoms with Crippen LogP contribution in [0.1, 0.15) is 62.2 Å². The van der Waals surface area contributed by atoms with Crippen molar-refractivity contribution < 1.29 is 14.3 Å². The fraction of sp³-hybridized carbons (Fsp3) is 0.650. The van der Waals surface area contributed by atoms with Crippen LogP contribution in [-0.4, -0.2) is 43.7 Å².